The Labute approximate surface area is 185 Å². The van der Waals surface area contributed by atoms with E-state index < -0.39 is 0 Å². The van der Waals surface area contributed by atoms with Gasteiger partial charge in [0.1, 0.15) is 5.82 Å². The predicted octanol–water partition coefficient (Wildman–Crippen LogP) is 1.93. The Bertz CT molecular complexity index is 1190. The Morgan fingerprint density at radius 2 is 1.81 bits per heavy atom. The number of imidazole rings is 1. The highest BCUT2D eigenvalue weighted by Gasteiger charge is 2.22. The number of nitrogens with one attached hydrogen (secondary N) is 3. The molecule has 1 aliphatic rings. The van der Waals surface area contributed by atoms with Crippen molar-refractivity contribution in [3.8, 4) is 0 Å². The van der Waals surface area contributed by atoms with Crippen LogP contribution in [-0.2, 0) is 16.1 Å². The number of benzene rings is 1. The summed E-state index contributed by atoms with van der Waals surface area (Å²) in [4.78, 5) is 49.6. The van der Waals surface area contributed by atoms with Gasteiger partial charge in [-0.3, -0.25) is 19.5 Å². The molecule has 3 aromatic rings. The maximum absolute atomic E-state index is 12.6. The number of aromatic nitrogens is 3. The van der Waals surface area contributed by atoms with Crippen LogP contribution in [-0.4, -0.2) is 62.7 Å². The van der Waals surface area contributed by atoms with E-state index in [1.54, 1.807) is 12.1 Å². The molecule has 2 amide bonds. The summed E-state index contributed by atoms with van der Waals surface area (Å²) in [5, 5.41) is 2.68. The molecule has 1 aromatic carbocycles. The van der Waals surface area contributed by atoms with Gasteiger partial charge in [-0.25, -0.2) is 9.78 Å². The molecule has 1 fully saturated rings. The van der Waals surface area contributed by atoms with Crippen LogP contribution in [0.25, 0.3) is 11.2 Å². The van der Waals surface area contributed by atoms with Crippen molar-refractivity contribution in [3.05, 3.63) is 57.5 Å². The van der Waals surface area contributed by atoms with Crippen LogP contribution in [0.15, 0.2) is 35.1 Å². The smallest absolute Gasteiger partial charge is 0.325 e. The van der Waals surface area contributed by atoms with Crippen molar-refractivity contribution in [2.45, 2.75) is 33.2 Å². The van der Waals surface area contributed by atoms with Crippen molar-refractivity contribution in [3.63, 3.8) is 0 Å². The van der Waals surface area contributed by atoms with E-state index in [9.17, 15) is 14.4 Å². The number of carbonyl (C=O) groups excluding carboxylic acids is 2. The molecule has 4 rings (SSSR count). The molecule has 3 N–H and O–H groups in total. The van der Waals surface area contributed by atoms with Crippen LogP contribution in [0.5, 0.6) is 0 Å². The first-order valence-corrected chi connectivity index (χ1v) is 10.8. The molecule has 0 atom stereocenters. The number of nitrogens with zero attached hydrogens (tertiary/aromatic N) is 3. The first-order valence-electron chi connectivity index (χ1n) is 10.8. The largest absolute Gasteiger partial charge is 0.340 e. The van der Waals surface area contributed by atoms with Crippen molar-refractivity contribution in [1.29, 1.82) is 0 Å². The highest BCUT2D eigenvalue weighted by molar-refractivity contribution is 5.93. The fourth-order valence-electron chi connectivity index (χ4n) is 3.99. The number of fused-ring (bicyclic) bond motifs is 1. The monoisotopic (exact) mass is 436 g/mol. The maximum atomic E-state index is 12.6. The number of aromatic amines is 2. The van der Waals surface area contributed by atoms with Crippen LogP contribution in [0.3, 0.4) is 0 Å². The van der Waals surface area contributed by atoms with Gasteiger partial charge in [0.2, 0.25) is 11.8 Å². The van der Waals surface area contributed by atoms with Gasteiger partial charge in [-0.2, -0.15) is 0 Å². The Hall–Kier alpha value is -3.46. The second kappa shape index (κ2) is 9.35. The van der Waals surface area contributed by atoms with Crippen LogP contribution in [0, 0.1) is 13.8 Å². The van der Waals surface area contributed by atoms with Crippen molar-refractivity contribution < 1.29 is 9.59 Å². The molecule has 9 heteroatoms. The Kier molecular flexibility index (Phi) is 6.36. The quantitative estimate of drug-likeness (QED) is 0.546. The van der Waals surface area contributed by atoms with Gasteiger partial charge in [0.25, 0.3) is 0 Å². The maximum Gasteiger partial charge on any atom is 0.325 e. The number of anilines is 1. The minimum absolute atomic E-state index is 0.00954. The molecule has 3 heterocycles. The summed E-state index contributed by atoms with van der Waals surface area (Å²) in [6, 6.07) is 9.80. The Morgan fingerprint density at radius 1 is 1.03 bits per heavy atom. The fraction of sp³-hybridized carbons (Fsp3) is 0.391. The van der Waals surface area contributed by atoms with Crippen molar-refractivity contribution in [2.75, 3.05) is 31.5 Å². The first kappa shape index (κ1) is 21.8. The molecule has 0 unspecified atom stereocenters. The zero-order chi connectivity index (χ0) is 22.7. The Balaban J connectivity index is 1.22. The second-order valence-corrected chi connectivity index (χ2v) is 8.31. The average Bonchev–Trinajstić information content (AvgIpc) is 3.14. The summed E-state index contributed by atoms with van der Waals surface area (Å²) < 4.78 is 0. The van der Waals surface area contributed by atoms with Crippen molar-refractivity contribution in [2.24, 2.45) is 0 Å². The molecule has 9 nitrogen and oxygen atoms in total. The summed E-state index contributed by atoms with van der Waals surface area (Å²) in [6.45, 7) is 8.11. The number of rotatable bonds is 6. The summed E-state index contributed by atoms with van der Waals surface area (Å²) >= 11 is 0. The molecule has 1 saturated heterocycles. The highest BCUT2D eigenvalue weighted by atomic mass is 16.2. The van der Waals surface area contributed by atoms with Crippen molar-refractivity contribution >= 4 is 28.8 Å². The normalized spacial score (nSPS) is 14.6. The number of amides is 2. The lowest BCUT2D eigenvalue weighted by Gasteiger charge is -2.35. The number of aryl methyl sites for hydroxylation is 2. The van der Waals surface area contributed by atoms with Gasteiger partial charge in [0.05, 0.1) is 5.52 Å². The predicted molar refractivity (Wildman–Crippen MR) is 122 cm³/mol. The summed E-state index contributed by atoms with van der Waals surface area (Å²) in [5.74, 6) is 0.0477. The van der Waals surface area contributed by atoms with Crippen LogP contribution in [0.4, 0.5) is 5.82 Å². The van der Waals surface area contributed by atoms with E-state index in [-0.39, 0.29) is 30.3 Å². The van der Waals surface area contributed by atoms with Gasteiger partial charge < -0.3 is 15.2 Å². The zero-order valence-corrected chi connectivity index (χ0v) is 18.4. The van der Waals surface area contributed by atoms with Crippen LogP contribution in [0.1, 0.15) is 29.5 Å². The van der Waals surface area contributed by atoms with Gasteiger partial charge in [0.15, 0.2) is 5.65 Å². The topological polar surface area (TPSA) is 114 Å². The first-order chi connectivity index (χ1) is 15.4. The third kappa shape index (κ3) is 5.23. The summed E-state index contributed by atoms with van der Waals surface area (Å²) in [7, 11) is 0. The van der Waals surface area contributed by atoms with Crippen LogP contribution < -0.4 is 11.0 Å². The molecular formula is C23H28N6O3. The molecule has 32 heavy (non-hydrogen) atoms. The van der Waals surface area contributed by atoms with Gasteiger partial charge in [-0.15, -0.1) is 0 Å². The van der Waals surface area contributed by atoms with E-state index in [2.05, 4.69) is 57.2 Å². The van der Waals surface area contributed by atoms with E-state index in [1.165, 1.54) is 16.7 Å². The van der Waals surface area contributed by atoms with Gasteiger partial charge in [0, 0.05) is 45.6 Å². The molecule has 168 valence electrons. The molecular weight excluding hydrogens is 408 g/mol. The van der Waals surface area contributed by atoms with Crippen molar-refractivity contribution in [1.82, 2.24) is 24.8 Å². The number of hydrogen-bond donors (Lipinski definition) is 3. The standard InChI is InChI=1S/C23H28N6O3/c1-15-3-4-17(16(2)13-15)14-28-9-11-29(12-10-28)21(31)8-7-20(30)25-19-6-5-18-22(26-19)27-23(32)24-18/h3-6,13H,7-12,14H2,1-2H3,(H3,24,25,26,27,30,32). The number of pyridine rings is 1. The molecule has 0 aliphatic carbocycles. The zero-order valence-electron chi connectivity index (χ0n) is 18.4. The molecule has 0 saturated carbocycles. The van der Waals surface area contributed by atoms with E-state index in [4.69, 9.17) is 0 Å². The second-order valence-electron chi connectivity index (χ2n) is 8.31. The average molecular weight is 437 g/mol. The number of hydrogen-bond acceptors (Lipinski definition) is 5. The Morgan fingerprint density at radius 3 is 2.56 bits per heavy atom. The van der Waals surface area contributed by atoms with E-state index in [0.717, 1.165) is 19.6 Å². The van der Waals surface area contributed by atoms with Gasteiger partial charge in [-0.1, -0.05) is 23.8 Å². The minimum atomic E-state index is -0.351. The number of H-pyrrole nitrogens is 2. The van der Waals surface area contributed by atoms with Gasteiger partial charge in [-0.05, 0) is 37.1 Å². The lowest BCUT2D eigenvalue weighted by Crippen LogP contribution is -2.48. The summed E-state index contributed by atoms with van der Waals surface area (Å²) in [6.07, 6.45) is 0.247. The molecule has 0 bridgehead atoms. The molecule has 2 aromatic heterocycles. The van der Waals surface area contributed by atoms with Gasteiger partial charge >= 0.3 is 5.69 Å². The lowest BCUT2D eigenvalue weighted by molar-refractivity contribution is -0.134. The third-order valence-electron chi connectivity index (χ3n) is 5.83. The lowest BCUT2D eigenvalue weighted by atomic mass is 10.1. The molecule has 1 aliphatic heterocycles. The summed E-state index contributed by atoms with van der Waals surface area (Å²) in [5.41, 5.74) is 4.48. The fourth-order valence-corrected chi connectivity index (χ4v) is 3.99. The number of carbonyl (C=O) groups is 2. The van der Waals surface area contributed by atoms with Crippen LogP contribution >= 0.6 is 0 Å². The highest BCUT2D eigenvalue weighted by Crippen LogP contribution is 2.15. The minimum Gasteiger partial charge on any atom is -0.340 e. The van der Waals surface area contributed by atoms with E-state index in [0.29, 0.717) is 30.1 Å². The van der Waals surface area contributed by atoms with Crippen LogP contribution in [0.2, 0.25) is 0 Å². The van der Waals surface area contributed by atoms with E-state index in [1.807, 2.05) is 4.90 Å². The number of piperazine rings is 1. The van der Waals surface area contributed by atoms with E-state index >= 15 is 0 Å². The molecule has 0 spiro atoms. The SMILES string of the molecule is Cc1ccc(CN2CCN(C(=O)CCC(=O)Nc3ccc4[nH]c(=O)[nH]c4n3)CC2)c(C)c1. The third-order valence-corrected chi connectivity index (χ3v) is 5.83. The molecule has 0 radical (unpaired) electrons.